The summed E-state index contributed by atoms with van der Waals surface area (Å²) in [6.45, 7) is 5.81. The average Bonchev–Trinajstić information content (AvgIpc) is 2.93. The van der Waals surface area contributed by atoms with Crippen molar-refractivity contribution >= 4 is 0 Å². The Morgan fingerprint density at radius 3 is 2.68 bits per heavy atom. The van der Waals surface area contributed by atoms with E-state index in [1.165, 1.54) is 19.3 Å². The molecule has 0 heterocycles. The summed E-state index contributed by atoms with van der Waals surface area (Å²) in [5.74, 6) is 0. The van der Waals surface area contributed by atoms with Crippen LogP contribution in [0.1, 0.15) is 51.9 Å². The first-order valence-electron chi connectivity index (χ1n) is 7.91. The molecule has 0 aromatic rings. The first-order valence-corrected chi connectivity index (χ1v) is 7.91. The van der Waals surface area contributed by atoms with Crippen LogP contribution in [0.5, 0.6) is 0 Å². The molecule has 1 saturated carbocycles. The Labute approximate surface area is 117 Å². The van der Waals surface area contributed by atoms with Crippen LogP contribution in [0, 0.1) is 0 Å². The third kappa shape index (κ3) is 9.38. The van der Waals surface area contributed by atoms with Gasteiger partial charge in [-0.15, -0.1) is 0 Å². The molecule has 0 saturated heterocycles. The van der Waals surface area contributed by atoms with Crippen LogP contribution in [0.25, 0.3) is 0 Å². The monoisotopic (exact) mass is 273 g/mol. The quantitative estimate of drug-likeness (QED) is 0.535. The van der Waals surface area contributed by atoms with Gasteiger partial charge >= 0.3 is 0 Å². The number of ether oxygens (including phenoxy) is 2. The van der Waals surface area contributed by atoms with E-state index < -0.39 is 0 Å². The summed E-state index contributed by atoms with van der Waals surface area (Å²) < 4.78 is 11.1. The van der Waals surface area contributed by atoms with Crippen LogP contribution in [0.2, 0.25) is 0 Å². The Morgan fingerprint density at radius 1 is 1.21 bits per heavy atom. The standard InChI is InChI=1S/C15H31NO3/c1-2-3-10-18-11-6-9-16-12-14(17)13-19-15-7-4-5-8-15/h14-17H,2-13H2,1H3. The fourth-order valence-corrected chi connectivity index (χ4v) is 2.28. The molecule has 1 aliphatic rings. The number of unbranched alkanes of at least 4 members (excludes halogenated alkanes) is 1. The van der Waals surface area contributed by atoms with Crippen molar-refractivity contribution in [3.63, 3.8) is 0 Å². The molecule has 2 N–H and O–H groups in total. The molecule has 1 aliphatic carbocycles. The summed E-state index contributed by atoms with van der Waals surface area (Å²) in [6.07, 6.45) is 8.21. The highest BCUT2D eigenvalue weighted by Gasteiger charge is 2.16. The lowest BCUT2D eigenvalue weighted by Crippen LogP contribution is -2.32. The molecule has 0 spiro atoms. The Balaban J connectivity index is 1.80. The zero-order chi connectivity index (χ0) is 13.8. The van der Waals surface area contributed by atoms with Crippen molar-refractivity contribution in [1.29, 1.82) is 0 Å². The number of aliphatic hydroxyl groups is 1. The molecule has 0 bridgehead atoms. The molecule has 0 radical (unpaired) electrons. The summed E-state index contributed by atoms with van der Waals surface area (Å²) >= 11 is 0. The summed E-state index contributed by atoms with van der Waals surface area (Å²) in [5.41, 5.74) is 0. The Morgan fingerprint density at radius 2 is 1.95 bits per heavy atom. The highest BCUT2D eigenvalue weighted by Crippen LogP contribution is 2.20. The number of hydrogen-bond acceptors (Lipinski definition) is 4. The van der Waals surface area contributed by atoms with Gasteiger partial charge < -0.3 is 19.9 Å². The van der Waals surface area contributed by atoms with Gasteiger partial charge in [0.25, 0.3) is 0 Å². The van der Waals surface area contributed by atoms with Crippen molar-refractivity contribution < 1.29 is 14.6 Å². The van der Waals surface area contributed by atoms with Gasteiger partial charge in [0, 0.05) is 19.8 Å². The zero-order valence-corrected chi connectivity index (χ0v) is 12.4. The predicted octanol–water partition coefficient (Wildman–Crippen LogP) is 2.10. The van der Waals surface area contributed by atoms with E-state index in [9.17, 15) is 5.11 Å². The highest BCUT2D eigenvalue weighted by atomic mass is 16.5. The van der Waals surface area contributed by atoms with Gasteiger partial charge in [0.05, 0.1) is 18.8 Å². The Kier molecular flexibility index (Phi) is 10.4. The third-order valence-corrected chi connectivity index (χ3v) is 3.49. The van der Waals surface area contributed by atoms with E-state index in [1.54, 1.807) is 0 Å². The maximum Gasteiger partial charge on any atom is 0.0897 e. The van der Waals surface area contributed by atoms with Crippen LogP contribution < -0.4 is 5.32 Å². The summed E-state index contributed by atoms with van der Waals surface area (Å²) in [6, 6.07) is 0. The van der Waals surface area contributed by atoms with Crippen molar-refractivity contribution in [2.24, 2.45) is 0 Å². The third-order valence-electron chi connectivity index (χ3n) is 3.49. The summed E-state index contributed by atoms with van der Waals surface area (Å²) in [5, 5.41) is 13.0. The van der Waals surface area contributed by atoms with E-state index >= 15 is 0 Å². The molecule has 0 aromatic carbocycles. The van der Waals surface area contributed by atoms with Gasteiger partial charge in [0.2, 0.25) is 0 Å². The molecule has 19 heavy (non-hydrogen) atoms. The van der Waals surface area contributed by atoms with Gasteiger partial charge in [-0.2, -0.15) is 0 Å². The van der Waals surface area contributed by atoms with Gasteiger partial charge in [0.1, 0.15) is 0 Å². The zero-order valence-electron chi connectivity index (χ0n) is 12.4. The Bertz CT molecular complexity index is 196. The second-order valence-electron chi connectivity index (χ2n) is 5.42. The fourth-order valence-electron chi connectivity index (χ4n) is 2.28. The fraction of sp³-hybridized carbons (Fsp3) is 1.00. The van der Waals surface area contributed by atoms with E-state index in [2.05, 4.69) is 12.2 Å². The molecule has 1 atom stereocenters. The second kappa shape index (κ2) is 11.6. The van der Waals surface area contributed by atoms with Crippen LogP contribution >= 0.6 is 0 Å². The number of aliphatic hydroxyl groups excluding tert-OH is 1. The minimum atomic E-state index is -0.387. The maximum atomic E-state index is 9.76. The van der Waals surface area contributed by atoms with Crippen molar-refractivity contribution in [3.8, 4) is 0 Å². The van der Waals surface area contributed by atoms with E-state index in [4.69, 9.17) is 9.47 Å². The predicted molar refractivity (Wildman–Crippen MR) is 77.4 cm³/mol. The van der Waals surface area contributed by atoms with E-state index in [0.29, 0.717) is 19.3 Å². The molecule has 114 valence electrons. The molecule has 0 amide bonds. The molecule has 0 aliphatic heterocycles. The number of hydrogen-bond donors (Lipinski definition) is 2. The normalized spacial score (nSPS) is 18.0. The first-order chi connectivity index (χ1) is 9.33. The van der Waals surface area contributed by atoms with Crippen LogP contribution in [0.15, 0.2) is 0 Å². The number of rotatable bonds is 12. The van der Waals surface area contributed by atoms with E-state index in [-0.39, 0.29) is 6.10 Å². The lowest BCUT2D eigenvalue weighted by molar-refractivity contribution is -0.00550. The van der Waals surface area contributed by atoms with Gasteiger partial charge in [-0.25, -0.2) is 0 Å². The van der Waals surface area contributed by atoms with Crippen molar-refractivity contribution in [3.05, 3.63) is 0 Å². The lowest BCUT2D eigenvalue weighted by atomic mass is 10.3. The van der Waals surface area contributed by atoms with E-state index in [1.807, 2.05) is 0 Å². The Hall–Kier alpha value is -0.160. The molecule has 4 nitrogen and oxygen atoms in total. The maximum absolute atomic E-state index is 9.76. The minimum absolute atomic E-state index is 0.387. The van der Waals surface area contributed by atoms with Gasteiger partial charge in [0.15, 0.2) is 0 Å². The lowest BCUT2D eigenvalue weighted by Gasteiger charge is -2.16. The van der Waals surface area contributed by atoms with Crippen molar-refractivity contribution in [2.75, 3.05) is 32.9 Å². The molecule has 1 fully saturated rings. The smallest absolute Gasteiger partial charge is 0.0897 e. The van der Waals surface area contributed by atoms with Crippen LogP contribution in [0.4, 0.5) is 0 Å². The SMILES string of the molecule is CCCCOCCCNCC(O)COC1CCCC1. The largest absolute Gasteiger partial charge is 0.389 e. The molecule has 4 heteroatoms. The molecule has 0 aromatic heterocycles. The highest BCUT2D eigenvalue weighted by molar-refractivity contribution is 4.68. The van der Waals surface area contributed by atoms with Crippen LogP contribution in [0.3, 0.4) is 0 Å². The van der Waals surface area contributed by atoms with E-state index in [0.717, 1.165) is 45.4 Å². The molecular formula is C15H31NO3. The summed E-state index contributed by atoms with van der Waals surface area (Å²) in [7, 11) is 0. The van der Waals surface area contributed by atoms with Gasteiger partial charge in [-0.1, -0.05) is 26.2 Å². The van der Waals surface area contributed by atoms with Gasteiger partial charge in [-0.05, 0) is 32.2 Å². The van der Waals surface area contributed by atoms with Crippen LogP contribution in [-0.4, -0.2) is 50.2 Å². The van der Waals surface area contributed by atoms with Gasteiger partial charge in [-0.3, -0.25) is 0 Å². The minimum Gasteiger partial charge on any atom is -0.389 e. The average molecular weight is 273 g/mol. The molecule has 1 rings (SSSR count). The van der Waals surface area contributed by atoms with Crippen LogP contribution in [-0.2, 0) is 9.47 Å². The first kappa shape index (κ1) is 16.9. The molecular weight excluding hydrogens is 242 g/mol. The number of nitrogens with one attached hydrogen (secondary N) is 1. The van der Waals surface area contributed by atoms with Crippen molar-refractivity contribution in [2.45, 2.75) is 64.1 Å². The topological polar surface area (TPSA) is 50.7 Å². The second-order valence-corrected chi connectivity index (χ2v) is 5.42. The summed E-state index contributed by atoms with van der Waals surface area (Å²) in [4.78, 5) is 0. The van der Waals surface area contributed by atoms with Crippen molar-refractivity contribution in [1.82, 2.24) is 5.32 Å². The molecule has 1 unspecified atom stereocenters.